The third-order valence-electron chi connectivity index (χ3n) is 13.0. The van der Waals surface area contributed by atoms with Crippen LogP contribution in [0.1, 0.15) is 133 Å². The molecule has 448 valence electrons. The molecule has 0 unspecified atom stereocenters. The number of amides is 10. The van der Waals surface area contributed by atoms with Crippen LogP contribution in [0.25, 0.3) is 0 Å². The molecule has 1 aromatic carbocycles. The number of nitrogens with one attached hydrogen (secondary N) is 9. The topological polar surface area (TPSA) is 424 Å². The van der Waals surface area contributed by atoms with E-state index in [4.69, 9.17) is 22.9 Å². The Hall–Kier alpha value is -6.28. The highest BCUT2D eigenvalue weighted by molar-refractivity contribution is 5.98. The van der Waals surface area contributed by atoms with E-state index in [0.29, 0.717) is 24.8 Å². The van der Waals surface area contributed by atoms with Crippen LogP contribution < -0.4 is 70.8 Å². The number of carbonyl (C=O) groups is 10. The van der Waals surface area contributed by atoms with Gasteiger partial charge in [0.05, 0.1) is 18.6 Å². The summed E-state index contributed by atoms with van der Waals surface area (Å²) in [6.45, 7) is 17.0. The Bertz CT molecular complexity index is 2110. The lowest BCUT2D eigenvalue weighted by Crippen LogP contribution is -2.62. The SMILES string of the molecule is CCC[C@H](O)CC(=O)N[C@@H](CCN)C(=O)N[C@H](C(=O)N[C@@H](CCN)C(=O)N[C@H](Cc1ccccc1)C(=O)N[C@@H](CC(C)C)C(=O)N[C@@H](CCN)C(=O)N[C@@H](C(=O)N[C@@H](CC(C)C)C(=O)N[C@H](C(N)=O)[C@@H](C)O)C(C)C)[C@@H](C)CC. The predicted molar refractivity (Wildman–Crippen MR) is 298 cm³/mol. The van der Waals surface area contributed by atoms with Gasteiger partial charge < -0.3 is 81.0 Å². The second kappa shape index (κ2) is 36.8. The summed E-state index contributed by atoms with van der Waals surface area (Å²) < 4.78 is 0. The van der Waals surface area contributed by atoms with Crippen molar-refractivity contribution >= 4 is 59.1 Å². The largest absolute Gasteiger partial charge is 0.393 e. The van der Waals surface area contributed by atoms with E-state index >= 15 is 0 Å². The number of benzene rings is 1. The molecule has 0 aromatic heterocycles. The minimum atomic E-state index is -1.44. The number of aliphatic hydroxyl groups excluding tert-OH is 2. The van der Waals surface area contributed by atoms with E-state index in [2.05, 4.69) is 47.9 Å². The number of nitrogens with two attached hydrogens (primary N) is 4. The average molecular weight is 1120 g/mol. The first-order valence-electron chi connectivity index (χ1n) is 27.7. The number of hydrogen-bond donors (Lipinski definition) is 15. The number of rotatable bonds is 38. The first-order valence-corrected chi connectivity index (χ1v) is 27.7. The summed E-state index contributed by atoms with van der Waals surface area (Å²) in [6.07, 6.45) is -1.10. The molecule has 0 saturated carbocycles. The van der Waals surface area contributed by atoms with Crippen molar-refractivity contribution in [1.29, 1.82) is 0 Å². The predicted octanol–water partition coefficient (Wildman–Crippen LogP) is -2.15. The molecule has 79 heavy (non-hydrogen) atoms. The van der Waals surface area contributed by atoms with Crippen LogP contribution in [0.15, 0.2) is 30.3 Å². The first kappa shape index (κ1) is 70.7. The van der Waals surface area contributed by atoms with Crippen LogP contribution in [0.4, 0.5) is 0 Å². The third-order valence-corrected chi connectivity index (χ3v) is 13.0. The van der Waals surface area contributed by atoms with Crippen molar-refractivity contribution < 1.29 is 58.2 Å². The fraction of sp³-hybridized carbons (Fsp3) is 0.704. The van der Waals surface area contributed by atoms with Gasteiger partial charge in [0.15, 0.2) is 0 Å². The highest BCUT2D eigenvalue weighted by Crippen LogP contribution is 2.14. The van der Waals surface area contributed by atoms with Crippen LogP contribution in [0.3, 0.4) is 0 Å². The van der Waals surface area contributed by atoms with E-state index in [9.17, 15) is 58.2 Å². The van der Waals surface area contributed by atoms with Gasteiger partial charge in [-0.15, -0.1) is 0 Å². The maximum atomic E-state index is 14.5. The zero-order valence-electron chi connectivity index (χ0n) is 48.0. The van der Waals surface area contributed by atoms with Crippen molar-refractivity contribution in [2.24, 2.45) is 46.6 Å². The van der Waals surface area contributed by atoms with Crippen LogP contribution in [-0.2, 0) is 54.4 Å². The number of hydrogen-bond acceptors (Lipinski definition) is 15. The summed E-state index contributed by atoms with van der Waals surface area (Å²) in [4.78, 5) is 137. The Kier molecular flexibility index (Phi) is 33.0. The molecule has 0 bridgehead atoms. The summed E-state index contributed by atoms with van der Waals surface area (Å²) >= 11 is 0. The fourth-order valence-corrected chi connectivity index (χ4v) is 8.44. The van der Waals surface area contributed by atoms with Crippen LogP contribution in [0.5, 0.6) is 0 Å². The highest BCUT2D eigenvalue weighted by atomic mass is 16.3. The van der Waals surface area contributed by atoms with Gasteiger partial charge in [-0.1, -0.05) is 105 Å². The van der Waals surface area contributed by atoms with E-state index in [1.807, 2.05) is 6.92 Å². The lowest BCUT2D eigenvalue weighted by atomic mass is 9.97. The molecule has 12 atom stereocenters. The van der Waals surface area contributed by atoms with Gasteiger partial charge in [0.25, 0.3) is 0 Å². The molecule has 1 aromatic rings. The van der Waals surface area contributed by atoms with Crippen molar-refractivity contribution in [3.05, 3.63) is 35.9 Å². The summed E-state index contributed by atoms with van der Waals surface area (Å²) in [7, 11) is 0. The van der Waals surface area contributed by atoms with Crippen LogP contribution in [0, 0.1) is 23.7 Å². The number of aliphatic hydroxyl groups is 2. The molecule has 0 spiro atoms. The molecule has 1 rings (SSSR count). The maximum absolute atomic E-state index is 14.5. The highest BCUT2D eigenvalue weighted by Gasteiger charge is 2.37. The van der Waals surface area contributed by atoms with Crippen molar-refractivity contribution in [1.82, 2.24) is 47.9 Å². The van der Waals surface area contributed by atoms with Crippen molar-refractivity contribution in [2.45, 2.75) is 200 Å². The lowest BCUT2D eigenvalue weighted by molar-refractivity contribution is -0.137. The minimum Gasteiger partial charge on any atom is -0.393 e. The van der Waals surface area contributed by atoms with Crippen molar-refractivity contribution in [3.8, 4) is 0 Å². The monoisotopic (exact) mass is 1120 g/mol. The van der Waals surface area contributed by atoms with Crippen molar-refractivity contribution in [2.75, 3.05) is 19.6 Å². The van der Waals surface area contributed by atoms with Crippen LogP contribution in [-0.4, -0.2) is 156 Å². The number of primary amides is 1. The van der Waals surface area contributed by atoms with Gasteiger partial charge >= 0.3 is 0 Å². The zero-order chi connectivity index (χ0) is 60.1. The molecule has 0 saturated heterocycles. The standard InChI is InChI=1S/C54H95N13O12/c1-11-16-35(69)28-42(70)59-36(19-22-55)48(73)66-44(32(9)12-2)54(79)61-37(20-23-56)47(72)63-41(27-34-17-14-13-15-18-34)51(76)62-39(25-29(3)4)50(75)60-38(21-24-57)49(74)65-43(31(7)8)53(78)64-40(26-30(5)6)52(77)67-45(33(10)68)46(58)71/h13-15,17-18,29-33,35-41,43-45,68-69H,11-12,16,19-28,55-57H2,1-10H3,(H2,58,71)(H,59,70)(H,60,75)(H,61,79)(H,62,76)(H,63,72)(H,64,78)(H,65,74)(H,66,73)(H,67,77)/t32-,33+,35-,36-,37-,38-,39-,40-,41+,43+,44-,45-/m0/s1. The average Bonchev–Trinajstić information content (AvgIpc) is 3.36. The smallest absolute Gasteiger partial charge is 0.243 e. The van der Waals surface area contributed by atoms with E-state index in [0.717, 1.165) is 0 Å². The molecule has 0 heterocycles. The van der Waals surface area contributed by atoms with Crippen LogP contribution in [0.2, 0.25) is 0 Å². The first-order chi connectivity index (χ1) is 37.1. The second-order valence-electron chi connectivity index (χ2n) is 21.5. The Labute approximate surface area is 465 Å². The molecule has 0 aliphatic carbocycles. The van der Waals surface area contributed by atoms with Crippen molar-refractivity contribution in [3.63, 3.8) is 0 Å². The normalized spacial score (nSPS) is 16.0. The zero-order valence-corrected chi connectivity index (χ0v) is 48.0. The van der Waals surface area contributed by atoms with Gasteiger partial charge in [-0.25, -0.2) is 0 Å². The number of carbonyl (C=O) groups excluding carboxylic acids is 10. The van der Waals surface area contributed by atoms with Gasteiger partial charge in [0.1, 0.15) is 54.4 Å². The molecular weight excluding hydrogens is 1020 g/mol. The maximum Gasteiger partial charge on any atom is 0.243 e. The Morgan fingerprint density at radius 2 is 0.848 bits per heavy atom. The van der Waals surface area contributed by atoms with Gasteiger partial charge in [0, 0.05) is 6.42 Å². The molecule has 0 aliphatic rings. The molecule has 0 fully saturated rings. The Morgan fingerprint density at radius 1 is 0.468 bits per heavy atom. The molecule has 10 amide bonds. The van der Waals surface area contributed by atoms with Gasteiger partial charge in [-0.05, 0) is 94.3 Å². The van der Waals surface area contributed by atoms with Crippen LogP contribution >= 0.6 is 0 Å². The van der Waals surface area contributed by atoms with Gasteiger partial charge in [0.2, 0.25) is 59.1 Å². The van der Waals surface area contributed by atoms with E-state index in [-0.39, 0.29) is 76.4 Å². The lowest BCUT2D eigenvalue weighted by Gasteiger charge is -2.30. The fourth-order valence-electron chi connectivity index (χ4n) is 8.44. The Balaban J connectivity index is 3.50. The molecule has 25 nitrogen and oxygen atoms in total. The summed E-state index contributed by atoms with van der Waals surface area (Å²) in [6, 6.07) is -2.81. The molecule has 0 radical (unpaired) electrons. The Morgan fingerprint density at radius 3 is 1.29 bits per heavy atom. The minimum absolute atomic E-state index is 0.0172. The molecule has 19 N–H and O–H groups in total. The van der Waals surface area contributed by atoms with E-state index < -0.39 is 137 Å². The van der Waals surface area contributed by atoms with Gasteiger partial charge in [-0.3, -0.25) is 47.9 Å². The van der Waals surface area contributed by atoms with E-state index in [1.54, 1.807) is 85.7 Å². The molecule has 0 aliphatic heterocycles. The van der Waals surface area contributed by atoms with E-state index in [1.165, 1.54) is 6.92 Å². The molecular formula is C54H95N13O12. The third kappa shape index (κ3) is 26.0. The second-order valence-corrected chi connectivity index (χ2v) is 21.5. The summed E-state index contributed by atoms with van der Waals surface area (Å²) in [5.74, 6) is -9.08. The summed E-state index contributed by atoms with van der Waals surface area (Å²) in [5.41, 5.74) is 23.6. The summed E-state index contributed by atoms with van der Waals surface area (Å²) in [5, 5.41) is 44.0. The quantitative estimate of drug-likeness (QED) is 0.0336. The molecule has 25 heteroatoms. The van der Waals surface area contributed by atoms with Gasteiger partial charge in [-0.2, -0.15) is 0 Å².